The summed E-state index contributed by atoms with van der Waals surface area (Å²) < 4.78 is 0. The van der Waals surface area contributed by atoms with Crippen molar-refractivity contribution in [1.29, 1.82) is 0 Å². The van der Waals surface area contributed by atoms with E-state index in [0.29, 0.717) is 12.1 Å². The summed E-state index contributed by atoms with van der Waals surface area (Å²) in [7, 11) is 0. The molecule has 1 aliphatic heterocycles. The predicted molar refractivity (Wildman–Crippen MR) is 150 cm³/mol. The number of rotatable bonds is 9. The molecule has 0 bridgehead atoms. The molecule has 0 unspecified atom stereocenters. The van der Waals surface area contributed by atoms with E-state index in [2.05, 4.69) is 82.8 Å². The Labute approximate surface area is 214 Å². The lowest BCUT2D eigenvalue weighted by atomic mass is 9.94. The van der Waals surface area contributed by atoms with E-state index >= 15 is 0 Å². The molecule has 4 rings (SSSR count). The van der Waals surface area contributed by atoms with Gasteiger partial charge < -0.3 is 10.6 Å². The molecular formula is C31H48N4. The van der Waals surface area contributed by atoms with Crippen LogP contribution in [0.1, 0.15) is 87.9 Å². The molecule has 2 aromatic carbocycles. The number of hydrogen-bond donors (Lipinski definition) is 2. The fourth-order valence-corrected chi connectivity index (χ4v) is 5.88. The molecular weight excluding hydrogens is 428 g/mol. The van der Waals surface area contributed by atoms with Crippen molar-refractivity contribution < 1.29 is 0 Å². The third-order valence-corrected chi connectivity index (χ3v) is 8.04. The van der Waals surface area contributed by atoms with Gasteiger partial charge in [-0.3, -0.25) is 9.80 Å². The molecule has 2 fully saturated rings. The van der Waals surface area contributed by atoms with Gasteiger partial charge in [0.1, 0.15) is 0 Å². The number of hydrogen-bond acceptors (Lipinski definition) is 4. The lowest BCUT2D eigenvalue weighted by molar-refractivity contribution is 0.198. The van der Waals surface area contributed by atoms with Crippen molar-refractivity contribution in [2.75, 3.05) is 44.6 Å². The zero-order chi connectivity index (χ0) is 24.3. The molecule has 0 spiro atoms. The van der Waals surface area contributed by atoms with E-state index in [1.807, 2.05) is 0 Å². The number of anilines is 1. The molecule has 1 heterocycles. The van der Waals surface area contributed by atoms with Gasteiger partial charge in [0.05, 0.1) is 6.04 Å². The number of benzene rings is 2. The Balaban J connectivity index is 1.54. The first kappa shape index (κ1) is 26.2. The van der Waals surface area contributed by atoms with E-state index in [1.165, 1.54) is 73.7 Å². The summed E-state index contributed by atoms with van der Waals surface area (Å²) >= 11 is 0. The molecule has 0 radical (unpaired) electrons. The maximum absolute atomic E-state index is 3.93. The van der Waals surface area contributed by atoms with Crippen LogP contribution >= 0.6 is 0 Å². The van der Waals surface area contributed by atoms with Gasteiger partial charge in [-0.2, -0.15) is 0 Å². The molecule has 4 heteroatoms. The highest BCUT2D eigenvalue weighted by Crippen LogP contribution is 2.31. The molecule has 35 heavy (non-hydrogen) atoms. The summed E-state index contributed by atoms with van der Waals surface area (Å²) in [5.41, 5.74) is 5.53. The van der Waals surface area contributed by atoms with Gasteiger partial charge in [0.15, 0.2) is 0 Å². The van der Waals surface area contributed by atoms with Crippen molar-refractivity contribution in [2.24, 2.45) is 0 Å². The average Bonchev–Trinajstić information content (AvgIpc) is 3.03. The maximum Gasteiger partial charge on any atom is 0.0603 e. The van der Waals surface area contributed by atoms with Gasteiger partial charge in [-0.15, -0.1) is 0 Å². The van der Waals surface area contributed by atoms with Gasteiger partial charge in [-0.05, 0) is 54.8 Å². The van der Waals surface area contributed by atoms with Crippen LogP contribution in [-0.2, 0) is 6.54 Å². The second kappa shape index (κ2) is 14.0. The minimum atomic E-state index is 0.307. The molecule has 192 valence electrons. The van der Waals surface area contributed by atoms with Crippen molar-refractivity contribution in [3.8, 4) is 0 Å². The normalized spacial score (nSPS) is 19.6. The molecule has 0 aromatic heterocycles. The zero-order valence-electron chi connectivity index (χ0n) is 22.3. The van der Waals surface area contributed by atoms with E-state index in [4.69, 9.17) is 0 Å². The Kier molecular flexibility index (Phi) is 10.5. The monoisotopic (exact) mass is 476 g/mol. The van der Waals surface area contributed by atoms with E-state index in [0.717, 1.165) is 45.8 Å². The summed E-state index contributed by atoms with van der Waals surface area (Å²) in [6, 6.07) is 19.7. The number of piperazine rings is 1. The van der Waals surface area contributed by atoms with Crippen molar-refractivity contribution >= 4 is 5.69 Å². The van der Waals surface area contributed by atoms with Crippen LogP contribution in [0, 0.1) is 0 Å². The molecule has 2 N–H and O–H groups in total. The lowest BCUT2D eigenvalue weighted by Crippen LogP contribution is -2.45. The summed E-state index contributed by atoms with van der Waals surface area (Å²) in [4.78, 5) is 5.14. The average molecular weight is 477 g/mol. The Morgan fingerprint density at radius 1 is 0.857 bits per heavy atom. The molecule has 1 atom stereocenters. The fraction of sp³-hybridized carbons (Fsp3) is 0.613. The molecule has 0 amide bonds. The van der Waals surface area contributed by atoms with Crippen LogP contribution in [0.3, 0.4) is 0 Å². The van der Waals surface area contributed by atoms with Crippen LogP contribution in [0.4, 0.5) is 5.69 Å². The van der Waals surface area contributed by atoms with Crippen molar-refractivity contribution in [1.82, 2.24) is 15.1 Å². The van der Waals surface area contributed by atoms with Gasteiger partial charge in [0.25, 0.3) is 0 Å². The highest BCUT2D eigenvalue weighted by molar-refractivity contribution is 5.49. The second-order valence-electron chi connectivity index (χ2n) is 10.6. The van der Waals surface area contributed by atoms with Crippen LogP contribution < -0.4 is 10.6 Å². The number of nitrogens with zero attached hydrogens (tertiary/aromatic N) is 2. The van der Waals surface area contributed by atoms with Crippen LogP contribution in [0.5, 0.6) is 0 Å². The first-order valence-electron chi connectivity index (χ1n) is 14.4. The van der Waals surface area contributed by atoms with E-state index in [-0.39, 0.29) is 0 Å². The Morgan fingerprint density at radius 3 is 2.17 bits per heavy atom. The summed E-state index contributed by atoms with van der Waals surface area (Å²) in [6.45, 7) is 12.0. The standard InChI is InChI=1S/C31H48N4/c1-3-34(4-2)25-26-16-18-27(19-17-26)31(35-22-20-32-21-23-35)28-12-11-15-30(24-28)33-29-13-9-7-5-6-8-10-14-29/h11-12,15-19,24,29,31-33H,3-10,13-14,20-23,25H2,1-2H3/t31-/m1/s1. The fourth-order valence-electron chi connectivity index (χ4n) is 5.88. The smallest absolute Gasteiger partial charge is 0.0603 e. The largest absolute Gasteiger partial charge is 0.382 e. The minimum absolute atomic E-state index is 0.307. The van der Waals surface area contributed by atoms with Crippen molar-refractivity contribution in [3.63, 3.8) is 0 Å². The Morgan fingerprint density at radius 2 is 1.51 bits per heavy atom. The zero-order valence-corrected chi connectivity index (χ0v) is 22.3. The lowest BCUT2D eigenvalue weighted by Gasteiger charge is -2.36. The van der Waals surface area contributed by atoms with Gasteiger partial charge in [0, 0.05) is 44.5 Å². The van der Waals surface area contributed by atoms with E-state index < -0.39 is 0 Å². The maximum atomic E-state index is 3.93. The van der Waals surface area contributed by atoms with Gasteiger partial charge in [-0.1, -0.05) is 88.8 Å². The van der Waals surface area contributed by atoms with Gasteiger partial charge >= 0.3 is 0 Å². The summed E-state index contributed by atoms with van der Waals surface area (Å²) in [5.74, 6) is 0. The van der Waals surface area contributed by atoms with Crippen LogP contribution in [0.25, 0.3) is 0 Å². The van der Waals surface area contributed by atoms with Crippen LogP contribution in [0.15, 0.2) is 48.5 Å². The third kappa shape index (κ3) is 7.80. The predicted octanol–water partition coefficient (Wildman–Crippen LogP) is 6.44. The van der Waals surface area contributed by atoms with Gasteiger partial charge in [-0.25, -0.2) is 0 Å². The van der Waals surface area contributed by atoms with Gasteiger partial charge in [0.2, 0.25) is 0 Å². The molecule has 1 saturated carbocycles. The summed E-state index contributed by atoms with van der Waals surface area (Å²) in [6.07, 6.45) is 11.0. The summed E-state index contributed by atoms with van der Waals surface area (Å²) in [5, 5.41) is 7.47. The Hall–Kier alpha value is -1.88. The molecule has 2 aliphatic rings. The quantitative estimate of drug-likeness (QED) is 0.436. The van der Waals surface area contributed by atoms with E-state index in [9.17, 15) is 0 Å². The SMILES string of the molecule is CCN(CC)Cc1ccc([C@H](c2cccc(NC3CCCCCCCC3)c2)N2CCNCC2)cc1. The van der Waals surface area contributed by atoms with Crippen molar-refractivity contribution in [2.45, 2.75) is 83.8 Å². The highest BCUT2D eigenvalue weighted by Gasteiger charge is 2.24. The van der Waals surface area contributed by atoms with Crippen molar-refractivity contribution in [3.05, 3.63) is 65.2 Å². The highest BCUT2D eigenvalue weighted by atomic mass is 15.2. The molecule has 1 aliphatic carbocycles. The first-order chi connectivity index (χ1) is 17.3. The van der Waals surface area contributed by atoms with Crippen LogP contribution in [-0.4, -0.2) is 55.1 Å². The topological polar surface area (TPSA) is 30.5 Å². The molecule has 2 aromatic rings. The molecule has 1 saturated heterocycles. The molecule has 4 nitrogen and oxygen atoms in total. The Bertz CT molecular complexity index is 845. The minimum Gasteiger partial charge on any atom is -0.382 e. The van der Waals surface area contributed by atoms with E-state index in [1.54, 1.807) is 0 Å². The van der Waals surface area contributed by atoms with Crippen LogP contribution in [0.2, 0.25) is 0 Å². The first-order valence-corrected chi connectivity index (χ1v) is 14.4. The third-order valence-electron chi connectivity index (χ3n) is 8.04. The number of nitrogens with one attached hydrogen (secondary N) is 2. The second-order valence-corrected chi connectivity index (χ2v) is 10.6.